The molecule has 0 bridgehead atoms. The van der Waals surface area contributed by atoms with Crippen LogP contribution < -0.4 is 16.2 Å². The van der Waals surface area contributed by atoms with Crippen LogP contribution in [0.3, 0.4) is 0 Å². The molecule has 0 spiro atoms. The van der Waals surface area contributed by atoms with Gasteiger partial charge in [0.1, 0.15) is 11.4 Å². The standard InChI is InChI=1S/C17H19N7O2/c1-4-20-16(22-8(2)18)17-21-7-11-10-5-9(14(19)25)6-12(26-3)13(10)23-15(11)24-17/h5-7H,4H2,1-3H3,(H2,19,25)(H2,18,20,22)(H,21,23,24). The first-order valence-corrected chi connectivity index (χ1v) is 7.96. The van der Waals surface area contributed by atoms with Crippen molar-refractivity contribution in [3.8, 4) is 5.75 Å². The molecule has 1 amide bonds. The van der Waals surface area contributed by atoms with Crippen molar-refractivity contribution in [1.29, 1.82) is 0 Å². The fourth-order valence-electron chi connectivity index (χ4n) is 2.63. The number of fused-ring (bicyclic) bond motifs is 3. The predicted octanol–water partition coefficient (Wildman–Crippen LogP) is 1.36. The number of carbonyl (C=O) groups excluding carboxylic acids is 1. The summed E-state index contributed by atoms with van der Waals surface area (Å²) in [7, 11) is 1.52. The normalized spacial score (nSPS) is 12.7. The number of hydrogen-bond donors (Lipinski definition) is 3. The maximum absolute atomic E-state index is 11.6. The molecule has 9 nitrogen and oxygen atoms in total. The number of nitrogens with zero attached hydrogens (tertiary/aromatic N) is 4. The summed E-state index contributed by atoms with van der Waals surface area (Å²) in [4.78, 5) is 32.1. The highest BCUT2D eigenvalue weighted by Crippen LogP contribution is 2.32. The Bertz CT molecular complexity index is 1060. The molecule has 0 aliphatic rings. The molecule has 0 unspecified atom stereocenters. The average molecular weight is 353 g/mol. The van der Waals surface area contributed by atoms with Crippen molar-refractivity contribution in [2.24, 2.45) is 21.5 Å². The summed E-state index contributed by atoms with van der Waals surface area (Å²) in [5.74, 6) is 1.03. The fraction of sp³-hybridized carbons (Fsp3) is 0.235. The number of benzene rings is 1. The van der Waals surface area contributed by atoms with Gasteiger partial charge >= 0.3 is 0 Å². The molecule has 26 heavy (non-hydrogen) atoms. The topological polar surface area (TPSA) is 145 Å². The zero-order valence-corrected chi connectivity index (χ0v) is 14.7. The molecule has 9 heteroatoms. The highest BCUT2D eigenvalue weighted by Gasteiger charge is 2.16. The van der Waals surface area contributed by atoms with Crippen LogP contribution in [0.5, 0.6) is 5.75 Å². The number of amides is 1. The third kappa shape index (κ3) is 3.06. The summed E-state index contributed by atoms with van der Waals surface area (Å²) in [5, 5.41) is 1.47. The van der Waals surface area contributed by atoms with Crippen LogP contribution in [0.4, 0.5) is 0 Å². The Morgan fingerprint density at radius 3 is 2.69 bits per heavy atom. The molecule has 0 fully saturated rings. The molecule has 3 rings (SSSR count). The molecule has 3 aromatic rings. The number of carbonyl (C=O) groups is 1. The number of amidine groups is 2. The highest BCUT2D eigenvalue weighted by atomic mass is 16.5. The molecule has 0 saturated carbocycles. The number of nitrogens with one attached hydrogen (secondary N) is 1. The van der Waals surface area contributed by atoms with Crippen LogP contribution in [-0.4, -0.2) is 46.2 Å². The lowest BCUT2D eigenvalue weighted by molar-refractivity contribution is 0.1000. The van der Waals surface area contributed by atoms with E-state index in [2.05, 4.69) is 24.9 Å². The zero-order valence-electron chi connectivity index (χ0n) is 14.7. The van der Waals surface area contributed by atoms with E-state index in [0.29, 0.717) is 46.5 Å². The number of ether oxygens (including phenoxy) is 1. The number of hydrogen-bond acceptors (Lipinski definition) is 5. The maximum atomic E-state index is 11.6. The lowest BCUT2D eigenvalue weighted by Gasteiger charge is -2.04. The van der Waals surface area contributed by atoms with Gasteiger partial charge in [-0.2, -0.15) is 0 Å². The van der Waals surface area contributed by atoms with Gasteiger partial charge in [0.25, 0.3) is 0 Å². The van der Waals surface area contributed by atoms with E-state index in [1.807, 2.05) is 6.92 Å². The smallest absolute Gasteiger partial charge is 0.248 e. The second-order valence-corrected chi connectivity index (χ2v) is 5.60. The summed E-state index contributed by atoms with van der Waals surface area (Å²) in [5.41, 5.74) is 12.7. The lowest BCUT2D eigenvalue weighted by atomic mass is 10.1. The Hall–Kier alpha value is -3.49. The van der Waals surface area contributed by atoms with Gasteiger partial charge in [-0.3, -0.25) is 9.79 Å². The number of rotatable bonds is 4. The molecule has 134 valence electrons. The van der Waals surface area contributed by atoms with Gasteiger partial charge in [-0.05, 0) is 26.0 Å². The van der Waals surface area contributed by atoms with E-state index in [-0.39, 0.29) is 0 Å². The summed E-state index contributed by atoms with van der Waals surface area (Å²) < 4.78 is 5.37. The van der Waals surface area contributed by atoms with Gasteiger partial charge in [0.2, 0.25) is 5.91 Å². The molecule has 2 heterocycles. The minimum absolute atomic E-state index is 0.343. The molecule has 0 radical (unpaired) electrons. The maximum Gasteiger partial charge on any atom is 0.248 e. The molecule has 0 aliphatic carbocycles. The number of H-pyrrole nitrogens is 1. The Labute approximate surface area is 149 Å². The second-order valence-electron chi connectivity index (χ2n) is 5.60. The minimum Gasteiger partial charge on any atom is -0.495 e. The van der Waals surface area contributed by atoms with Crippen LogP contribution in [0.15, 0.2) is 28.3 Å². The quantitative estimate of drug-likeness (QED) is 0.479. The second kappa shape index (κ2) is 6.79. The number of methoxy groups -OCH3 is 1. The van der Waals surface area contributed by atoms with E-state index in [1.54, 1.807) is 25.3 Å². The van der Waals surface area contributed by atoms with Crippen molar-refractivity contribution in [1.82, 2.24) is 15.0 Å². The molecule has 1 aromatic carbocycles. The van der Waals surface area contributed by atoms with Crippen LogP contribution in [0.25, 0.3) is 21.9 Å². The Kier molecular flexibility index (Phi) is 4.53. The zero-order chi connectivity index (χ0) is 18.8. The van der Waals surface area contributed by atoms with Gasteiger partial charge in [0, 0.05) is 29.1 Å². The first-order valence-electron chi connectivity index (χ1n) is 7.96. The van der Waals surface area contributed by atoms with Crippen molar-refractivity contribution in [2.75, 3.05) is 13.7 Å². The highest BCUT2D eigenvalue weighted by molar-refractivity contribution is 6.11. The molecule has 0 aliphatic heterocycles. The predicted molar refractivity (Wildman–Crippen MR) is 101 cm³/mol. The molecule has 2 aromatic heterocycles. The van der Waals surface area contributed by atoms with Gasteiger partial charge in [-0.1, -0.05) is 0 Å². The van der Waals surface area contributed by atoms with E-state index in [4.69, 9.17) is 16.2 Å². The van der Waals surface area contributed by atoms with Crippen molar-refractivity contribution in [2.45, 2.75) is 13.8 Å². The van der Waals surface area contributed by atoms with Gasteiger partial charge in [-0.25, -0.2) is 15.0 Å². The lowest BCUT2D eigenvalue weighted by Crippen LogP contribution is -2.12. The summed E-state index contributed by atoms with van der Waals surface area (Å²) >= 11 is 0. The summed E-state index contributed by atoms with van der Waals surface area (Å²) in [6.45, 7) is 4.08. The van der Waals surface area contributed by atoms with Crippen molar-refractivity contribution in [3.05, 3.63) is 29.7 Å². The summed E-state index contributed by atoms with van der Waals surface area (Å²) in [6, 6.07) is 3.27. The molecule has 5 N–H and O–H groups in total. The minimum atomic E-state index is -0.540. The number of aromatic nitrogens is 3. The van der Waals surface area contributed by atoms with Gasteiger partial charge in [0.15, 0.2) is 11.7 Å². The Morgan fingerprint density at radius 2 is 2.08 bits per heavy atom. The van der Waals surface area contributed by atoms with Crippen molar-refractivity contribution >= 4 is 39.5 Å². The van der Waals surface area contributed by atoms with Crippen LogP contribution >= 0.6 is 0 Å². The van der Waals surface area contributed by atoms with Crippen molar-refractivity contribution in [3.63, 3.8) is 0 Å². The first-order chi connectivity index (χ1) is 12.4. The van der Waals surface area contributed by atoms with Gasteiger partial charge < -0.3 is 21.2 Å². The number of aliphatic imine (C=N–C) groups is 2. The SMILES string of the molecule is CCN=C(N=C(C)N)c1ncc2c(n1)[nH]c1c(OC)cc(C(N)=O)cc12. The summed E-state index contributed by atoms with van der Waals surface area (Å²) in [6.07, 6.45) is 1.65. The third-order valence-corrected chi connectivity index (χ3v) is 3.72. The Balaban J connectivity index is 2.26. The first kappa shape index (κ1) is 17.3. The van der Waals surface area contributed by atoms with E-state index >= 15 is 0 Å². The van der Waals surface area contributed by atoms with Gasteiger partial charge in [-0.15, -0.1) is 0 Å². The van der Waals surface area contributed by atoms with E-state index in [9.17, 15) is 4.79 Å². The van der Waals surface area contributed by atoms with Crippen molar-refractivity contribution < 1.29 is 9.53 Å². The molecular formula is C17H19N7O2. The fourth-order valence-corrected chi connectivity index (χ4v) is 2.63. The average Bonchev–Trinajstić information content (AvgIpc) is 2.97. The number of aromatic amines is 1. The van der Waals surface area contributed by atoms with Crippen LogP contribution in [0.1, 0.15) is 30.0 Å². The van der Waals surface area contributed by atoms with Crippen LogP contribution in [-0.2, 0) is 0 Å². The monoisotopic (exact) mass is 353 g/mol. The van der Waals surface area contributed by atoms with Gasteiger partial charge in [0.05, 0.1) is 18.5 Å². The largest absolute Gasteiger partial charge is 0.495 e. The van der Waals surface area contributed by atoms with Crippen LogP contribution in [0.2, 0.25) is 0 Å². The van der Waals surface area contributed by atoms with E-state index in [0.717, 1.165) is 10.8 Å². The molecule has 0 atom stereocenters. The van der Waals surface area contributed by atoms with Crippen LogP contribution in [0, 0.1) is 0 Å². The number of primary amides is 1. The van der Waals surface area contributed by atoms with E-state index < -0.39 is 5.91 Å². The van der Waals surface area contributed by atoms with E-state index in [1.165, 1.54) is 7.11 Å². The molecular weight excluding hydrogens is 334 g/mol. The Morgan fingerprint density at radius 1 is 1.31 bits per heavy atom. The third-order valence-electron chi connectivity index (χ3n) is 3.72. The molecule has 0 saturated heterocycles. The number of nitrogens with two attached hydrogens (primary N) is 2.